The Bertz CT molecular complexity index is 741. The maximum absolute atomic E-state index is 12.7. The Labute approximate surface area is 128 Å². The SMILES string of the molecule is Cc1ncccc1C(=O)N1CCCC(c2ccnc(=O)[nH]2)C1. The van der Waals surface area contributed by atoms with Crippen LogP contribution in [0.3, 0.4) is 0 Å². The maximum atomic E-state index is 12.7. The number of carbonyl (C=O) groups is 1. The molecule has 0 aliphatic carbocycles. The number of nitrogens with zero attached hydrogens (tertiary/aromatic N) is 3. The number of aromatic amines is 1. The van der Waals surface area contributed by atoms with Crippen molar-refractivity contribution in [3.05, 3.63) is 58.0 Å². The van der Waals surface area contributed by atoms with E-state index in [1.54, 1.807) is 12.3 Å². The third-order valence-corrected chi connectivity index (χ3v) is 4.08. The molecule has 1 aliphatic heterocycles. The van der Waals surface area contributed by atoms with E-state index in [-0.39, 0.29) is 17.5 Å². The summed E-state index contributed by atoms with van der Waals surface area (Å²) in [7, 11) is 0. The average molecular weight is 298 g/mol. The average Bonchev–Trinajstić information content (AvgIpc) is 2.55. The first-order valence-corrected chi connectivity index (χ1v) is 7.41. The largest absolute Gasteiger partial charge is 0.345 e. The zero-order chi connectivity index (χ0) is 15.5. The summed E-state index contributed by atoms with van der Waals surface area (Å²) in [5, 5.41) is 0. The van der Waals surface area contributed by atoms with E-state index in [9.17, 15) is 9.59 Å². The number of carbonyl (C=O) groups excluding carboxylic acids is 1. The summed E-state index contributed by atoms with van der Waals surface area (Å²) in [5.41, 5.74) is 1.89. The molecule has 1 N–H and O–H groups in total. The van der Waals surface area contributed by atoms with Crippen molar-refractivity contribution in [1.82, 2.24) is 19.9 Å². The standard InChI is InChI=1S/C16H18N4O2/c1-11-13(5-2-7-17-11)15(21)20-9-3-4-12(10-20)14-6-8-18-16(22)19-14/h2,5-8,12H,3-4,9-10H2,1H3,(H,18,19,22). The van der Waals surface area contributed by atoms with Crippen molar-refractivity contribution in [2.45, 2.75) is 25.7 Å². The summed E-state index contributed by atoms with van der Waals surface area (Å²) in [5.74, 6) is 0.150. The van der Waals surface area contributed by atoms with Gasteiger partial charge in [-0.3, -0.25) is 9.78 Å². The van der Waals surface area contributed by atoms with Crippen LogP contribution in [0.15, 0.2) is 35.4 Å². The van der Waals surface area contributed by atoms with E-state index in [4.69, 9.17) is 0 Å². The first-order chi connectivity index (χ1) is 10.6. The second-order valence-electron chi connectivity index (χ2n) is 5.56. The molecule has 1 atom stereocenters. The highest BCUT2D eigenvalue weighted by Gasteiger charge is 2.26. The van der Waals surface area contributed by atoms with Crippen LogP contribution >= 0.6 is 0 Å². The van der Waals surface area contributed by atoms with E-state index < -0.39 is 0 Å². The lowest BCUT2D eigenvalue weighted by atomic mass is 9.94. The molecular weight excluding hydrogens is 280 g/mol. The minimum Gasteiger partial charge on any atom is -0.338 e. The number of likely N-dealkylation sites (tertiary alicyclic amines) is 1. The molecule has 6 nitrogen and oxygen atoms in total. The van der Waals surface area contributed by atoms with E-state index in [1.165, 1.54) is 6.20 Å². The molecule has 114 valence electrons. The highest BCUT2D eigenvalue weighted by molar-refractivity contribution is 5.95. The number of nitrogens with one attached hydrogen (secondary N) is 1. The summed E-state index contributed by atoms with van der Waals surface area (Å²) in [6.07, 6.45) is 5.07. The van der Waals surface area contributed by atoms with Gasteiger partial charge in [-0.1, -0.05) is 0 Å². The van der Waals surface area contributed by atoms with Gasteiger partial charge in [0.15, 0.2) is 0 Å². The second-order valence-corrected chi connectivity index (χ2v) is 5.56. The van der Waals surface area contributed by atoms with Gasteiger partial charge in [0.1, 0.15) is 0 Å². The van der Waals surface area contributed by atoms with Gasteiger partial charge in [0.25, 0.3) is 5.91 Å². The van der Waals surface area contributed by atoms with Crippen LogP contribution in [-0.4, -0.2) is 38.8 Å². The van der Waals surface area contributed by atoms with E-state index in [2.05, 4.69) is 15.0 Å². The third-order valence-electron chi connectivity index (χ3n) is 4.08. The van der Waals surface area contributed by atoms with Crippen molar-refractivity contribution in [1.29, 1.82) is 0 Å². The van der Waals surface area contributed by atoms with E-state index in [1.807, 2.05) is 24.0 Å². The number of amides is 1. The van der Waals surface area contributed by atoms with Crippen LogP contribution < -0.4 is 5.69 Å². The highest BCUT2D eigenvalue weighted by Crippen LogP contribution is 2.26. The van der Waals surface area contributed by atoms with Gasteiger partial charge in [-0.05, 0) is 38.0 Å². The molecule has 2 aromatic heterocycles. The number of aryl methyl sites for hydroxylation is 1. The van der Waals surface area contributed by atoms with Gasteiger partial charge in [0.05, 0.1) is 5.56 Å². The van der Waals surface area contributed by atoms with Crippen LogP contribution in [0.25, 0.3) is 0 Å². The summed E-state index contributed by atoms with van der Waals surface area (Å²) >= 11 is 0. The molecule has 1 unspecified atom stereocenters. The molecule has 0 bridgehead atoms. The quantitative estimate of drug-likeness (QED) is 0.911. The van der Waals surface area contributed by atoms with Crippen molar-refractivity contribution < 1.29 is 4.79 Å². The lowest BCUT2D eigenvalue weighted by Crippen LogP contribution is -2.40. The summed E-state index contributed by atoms with van der Waals surface area (Å²) in [4.78, 5) is 36.5. The van der Waals surface area contributed by atoms with E-state index in [0.717, 1.165) is 30.8 Å². The number of pyridine rings is 1. The monoisotopic (exact) mass is 298 g/mol. The molecule has 0 spiro atoms. The lowest BCUT2D eigenvalue weighted by Gasteiger charge is -2.33. The van der Waals surface area contributed by atoms with Crippen LogP contribution in [0, 0.1) is 6.92 Å². The molecule has 6 heteroatoms. The molecular formula is C16H18N4O2. The fourth-order valence-corrected chi connectivity index (χ4v) is 2.92. The molecule has 0 saturated carbocycles. The van der Waals surface area contributed by atoms with Crippen molar-refractivity contribution in [2.24, 2.45) is 0 Å². The number of hydrogen-bond donors (Lipinski definition) is 1. The van der Waals surface area contributed by atoms with Gasteiger partial charge in [0, 0.05) is 42.8 Å². The molecule has 0 aromatic carbocycles. The van der Waals surface area contributed by atoms with E-state index in [0.29, 0.717) is 12.1 Å². The molecule has 1 amide bonds. The zero-order valence-electron chi connectivity index (χ0n) is 12.5. The fraction of sp³-hybridized carbons (Fsp3) is 0.375. The van der Waals surface area contributed by atoms with Crippen LogP contribution in [0.1, 0.15) is 40.5 Å². The zero-order valence-corrected chi connectivity index (χ0v) is 12.5. The number of rotatable bonds is 2. The van der Waals surface area contributed by atoms with Crippen LogP contribution in [0.5, 0.6) is 0 Å². The van der Waals surface area contributed by atoms with Crippen molar-refractivity contribution in [3.8, 4) is 0 Å². The van der Waals surface area contributed by atoms with Crippen LogP contribution in [0.4, 0.5) is 0 Å². The number of piperidine rings is 1. The summed E-state index contributed by atoms with van der Waals surface area (Å²) in [6, 6.07) is 5.40. The minimum absolute atomic E-state index is 0.00621. The summed E-state index contributed by atoms with van der Waals surface area (Å²) < 4.78 is 0. The maximum Gasteiger partial charge on any atom is 0.345 e. The number of H-pyrrole nitrogens is 1. The molecule has 22 heavy (non-hydrogen) atoms. The Balaban J connectivity index is 1.80. The minimum atomic E-state index is -0.343. The number of hydrogen-bond acceptors (Lipinski definition) is 4. The highest BCUT2D eigenvalue weighted by atomic mass is 16.2. The van der Waals surface area contributed by atoms with Gasteiger partial charge in [-0.25, -0.2) is 9.78 Å². The van der Waals surface area contributed by atoms with Crippen molar-refractivity contribution in [3.63, 3.8) is 0 Å². The molecule has 3 rings (SSSR count). The smallest absolute Gasteiger partial charge is 0.338 e. The fourth-order valence-electron chi connectivity index (χ4n) is 2.92. The topological polar surface area (TPSA) is 79.0 Å². The Kier molecular flexibility index (Phi) is 4.00. The normalized spacial score (nSPS) is 18.2. The van der Waals surface area contributed by atoms with Gasteiger partial charge in [-0.15, -0.1) is 0 Å². The summed E-state index contributed by atoms with van der Waals surface area (Å²) in [6.45, 7) is 3.18. The third kappa shape index (κ3) is 2.90. The predicted molar refractivity (Wildman–Crippen MR) is 81.7 cm³/mol. The Morgan fingerprint density at radius 1 is 1.32 bits per heavy atom. The van der Waals surface area contributed by atoms with Crippen molar-refractivity contribution >= 4 is 5.91 Å². The number of aromatic nitrogens is 3. The predicted octanol–water partition coefficient (Wildman–Crippen LogP) is 1.49. The van der Waals surface area contributed by atoms with Gasteiger partial charge in [-0.2, -0.15) is 0 Å². The van der Waals surface area contributed by atoms with E-state index >= 15 is 0 Å². The van der Waals surface area contributed by atoms with Crippen LogP contribution in [-0.2, 0) is 0 Å². The van der Waals surface area contributed by atoms with Gasteiger partial charge < -0.3 is 9.88 Å². The Hall–Kier alpha value is -2.50. The van der Waals surface area contributed by atoms with Crippen molar-refractivity contribution in [2.75, 3.05) is 13.1 Å². The molecule has 1 saturated heterocycles. The molecule has 0 radical (unpaired) electrons. The Morgan fingerprint density at radius 2 is 2.18 bits per heavy atom. The van der Waals surface area contributed by atoms with Crippen LogP contribution in [0.2, 0.25) is 0 Å². The molecule has 2 aromatic rings. The first kappa shape index (κ1) is 14.4. The lowest BCUT2D eigenvalue weighted by molar-refractivity contribution is 0.0704. The molecule has 1 aliphatic rings. The van der Waals surface area contributed by atoms with Gasteiger partial charge in [0.2, 0.25) is 0 Å². The first-order valence-electron chi connectivity index (χ1n) is 7.41. The molecule has 1 fully saturated rings. The molecule has 3 heterocycles. The Morgan fingerprint density at radius 3 is 2.95 bits per heavy atom. The van der Waals surface area contributed by atoms with Gasteiger partial charge >= 0.3 is 5.69 Å². The second kappa shape index (κ2) is 6.09.